The van der Waals surface area contributed by atoms with E-state index in [0.29, 0.717) is 35.0 Å². The van der Waals surface area contributed by atoms with Gasteiger partial charge in [0.2, 0.25) is 10.0 Å². The lowest BCUT2D eigenvalue weighted by atomic mass is 9.32. The molecule has 1 unspecified atom stereocenters. The van der Waals surface area contributed by atoms with Crippen molar-refractivity contribution in [1.29, 1.82) is 0 Å². The van der Waals surface area contributed by atoms with E-state index in [4.69, 9.17) is 4.74 Å². The molecule has 0 amide bonds. The smallest absolute Gasteiger partial charge is 0.309 e. The molecule has 0 spiro atoms. The van der Waals surface area contributed by atoms with Crippen molar-refractivity contribution in [2.75, 3.05) is 25.9 Å². The fourth-order valence-electron chi connectivity index (χ4n) is 14.4. The lowest BCUT2D eigenvalue weighted by molar-refractivity contribution is -0.250. The number of carboxylic acid groups (broad SMARTS) is 1. The molecule has 1 heterocycles. The van der Waals surface area contributed by atoms with Crippen molar-refractivity contribution >= 4 is 22.0 Å². The summed E-state index contributed by atoms with van der Waals surface area (Å²) in [7, 11) is -3.19. The summed E-state index contributed by atoms with van der Waals surface area (Å²) < 4.78 is 32.9. The fraction of sp³-hybridized carbons (Fsp3) is 0.905. The number of nitrogens with one attached hydrogen (secondary N) is 1. The Balaban J connectivity index is 1.21. The van der Waals surface area contributed by atoms with Gasteiger partial charge in [-0.2, -0.15) is 0 Å². The van der Waals surface area contributed by atoms with Crippen LogP contribution in [0.5, 0.6) is 0 Å². The van der Waals surface area contributed by atoms with Crippen LogP contribution < -0.4 is 4.72 Å². The maximum absolute atomic E-state index is 13.1. The molecule has 0 bridgehead atoms. The first-order chi connectivity index (χ1) is 23.5. The molecule has 2 N–H and O–H groups in total. The molecule has 5 aliphatic carbocycles. The van der Waals surface area contributed by atoms with Gasteiger partial charge >= 0.3 is 11.9 Å². The lowest BCUT2D eigenvalue weighted by Gasteiger charge is -2.73. The molecule has 11 atom stereocenters. The molecule has 290 valence electrons. The van der Waals surface area contributed by atoms with E-state index in [1.165, 1.54) is 63.2 Å². The van der Waals surface area contributed by atoms with Crippen LogP contribution in [-0.2, 0) is 24.3 Å². The number of ether oxygens (including phenoxy) is 1. The number of carboxylic acids is 1. The van der Waals surface area contributed by atoms with Crippen LogP contribution in [-0.4, -0.2) is 68.4 Å². The zero-order valence-electron chi connectivity index (χ0n) is 33.4. The van der Waals surface area contributed by atoms with Gasteiger partial charge < -0.3 is 14.7 Å². The number of allylic oxidation sites excluding steroid dienone is 1. The molecule has 9 heteroatoms. The molecule has 0 aromatic heterocycles. The van der Waals surface area contributed by atoms with E-state index in [1.807, 2.05) is 0 Å². The predicted octanol–water partition coefficient (Wildman–Crippen LogP) is 8.07. The molecule has 51 heavy (non-hydrogen) atoms. The zero-order valence-corrected chi connectivity index (χ0v) is 34.2. The SMILES string of the molecule is C=C(C)[C@@H]1CC[C@]2(CCN3CCC(NS(C)(=O)=O)C3)CC[C@]3(C)[C@H](CC[C@@H]4[C@@]5(C)CC[C@H](OC(=O)CC(C)(C)C(=O)O)C(C)(C)[C@@H]5CC[C@]43C)[C@@H]12. The molecular weight excluding hydrogens is 661 g/mol. The van der Waals surface area contributed by atoms with Crippen LogP contribution in [0.25, 0.3) is 0 Å². The van der Waals surface area contributed by atoms with E-state index < -0.39 is 21.4 Å². The van der Waals surface area contributed by atoms with Crippen molar-refractivity contribution in [3.05, 3.63) is 12.2 Å². The maximum Gasteiger partial charge on any atom is 0.309 e. The number of esters is 1. The summed E-state index contributed by atoms with van der Waals surface area (Å²) in [5.41, 5.74) is 1.04. The second kappa shape index (κ2) is 13.1. The van der Waals surface area contributed by atoms with Gasteiger partial charge in [-0.05, 0) is 162 Å². The summed E-state index contributed by atoms with van der Waals surface area (Å²) in [6.45, 7) is 25.5. The Morgan fingerprint density at radius 3 is 2.27 bits per heavy atom. The van der Waals surface area contributed by atoms with E-state index in [0.717, 1.165) is 45.3 Å². The minimum Gasteiger partial charge on any atom is -0.481 e. The zero-order chi connectivity index (χ0) is 37.6. The summed E-state index contributed by atoms with van der Waals surface area (Å²) >= 11 is 0. The molecule has 5 saturated carbocycles. The largest absolute Gasteiger partial charge is 0.481 e. The number of carbonyl (C=O) groups excluding carboxylic acids is 1. The van der Waals surface area contributed by atoms with Crippen molar-refractivity contribution in [1.82, 2.24) is 9.62 Å². The quantitative estimate of drug-likeness (QED) is 0.173. The number of aliphatic carboxylic acids is 1. The third kappa shape index (κ3) is 6.57. The van der Waals surface area contributed by atoms with Crippen LogP contribution in [0.1, 0.15) is 139 Å². The Kier molecular flexibility index (Phi) is 10.1. The summed E-state index contributed by atoms with van der Waals surface area (Å²) in [6, 6.07) is 0.0255. The molecule has 1 aliphatic heterocycles. The first-order valence-corrected chi connectivity index (χ1v) is 22.2. The number of hydrogen-bond donors (Lipinski definition) is 2. The fourth-order valence-corrected chi connectivity index (χ4v) is 15.1. The molecule has 1 saturated heterocycles. The summed E-state index contributed by atoms with van der Waals surface area (Å²) in [6.07, 6.45) is 15.0. The molecule has 0 aromatic rings. The normalized spacial score (nSPS) is 43.7. The monoisotopic (exact) mass is 730 g/mol. The highest BCUT2D eigenvalue weighted by molar-refractivity contribution is 7.88. The van der Waals surface area contributed by atoms with Gasteiger partial charge in [-0.1, -0.05) is 46.8 Å². The molecule has 0 radical (unpaired) electrons. The van der Waals surface area contributed by atoms with Gasteiger partial charge in [0.25, 0.3) is 0 Å². The Morgan fingerprint density at radius 1 is 0.922 bits per heavy atom. The van der Waals surface area contributed by atoms with Crippen LogP contribution in [0.2, 0.25) is 0 Å². The highest BCUT2D eigenvalue weighted by Gasteiger charge is 2.71. The first kappa shape index (κ1) is 39.2. The van der Waals surface area contributed by atoms with Crippen LogP contribution in [0.4, 0.5) is 0 Å². The van der Waals surface area contributed by atoms with Crippen LogP contribution >= 0.6 is 0 Å². The third-order valence-corrected chi connectivity index (χ3v) is 18.0. The topological polar surface area (TPSA) is 113 Å². The second-order valence-electron chi connectivity index (χ2n) is 20.7. The van der Waals surface area contributed by atoms with Gasteiger partial charge in [0.05, 0.1) is 18.1 Å². The standard InChI is InChI=1S/C42H70N2O6S/c1-27(2)29-13-19-42(22-24-44-23-16-28(26-44)43-51(10,48)49)21-20-40(8)30(35(29)42)11-12-32-39(7)17-15-33(50-34(45)25-37(3,4)36(46)47)38(5,6)31(39)14-18-41(32,40)9/h28-33,35,43H,1,11-26H2,2-10H3,(H,46,47)/t28?,29-,30+,31-,32+,33-,35+,39-,40+,41+,42+/m0/s1. The molecule has 6 rings (SSSR count). The van der Waals surface area contributed by atoms with Crippen LogP contribution in [0.3, 0.4) is 0 Å². The Bertz CT molecular complexity index is 1510. The second-order valence-corrected chi connectivity index (χ2v) is 22.5. The number of carbonyl (C=O) groups is 2. The number of sulfonamides is 1. The molecular formula is C42H70N2O6S. The van der Waals surface area contributed by atoms with Gasteiger partial charge in [0.1, 0.15) is 6.10 Å². The Morgan fingerprint density at radius 2 is 1.63 bits per heavy atom. The molecule has 6 aliphatic rings. The highest BCUT2D eigenvalue weighted by Crippen LogP contribution is 2.78. The van der Waals surface area contributed by atoms with E-state index in [-0.39, 0.29) is 46.2 Å². The molecule has 6 fully saturated rings. The van der Waals surface area contributed by atoms with E-state index in [2.05, 4.69) is 57.7 Å². The highest BCUT2D eigenvalue weighted by atomic mass is 32.2. The number of fused-ring (bicyclic) bond motifs is 7. The lowest BCUT2D eigenvalue weighted by Crippen LogP contribution is -2.66. The number of nitrogens with zero attached hydrogens (tertiary/aromatic N) is 1. The minimum absolute atomic E-state index is 0.0255. The van der Waals surface area contributed by atoms with Crippen molar-refractivity contribution in [2.24, 2.45) is 62.1 Å². The maximum atomic E-state index is 13.1. The van der Waals surface area contributed by atoms with E-state index in [1.54, 1.807) is 13.8 Å². The van der Waals surface area contributed by atoms with Gasteiger partial charge in [0.15, 0.2) is 0 Å². The van der Waals surface area contributed by atoms with Gasteiger partial charge in [0, 0.05) is 18.0 Å². The van der Waals surface area contributed by atoms with Crippen LogP contribution in [0.15, 0.2) is 12.2 Å². The average Bonchev–Trinajstić information content (AvgIpc) is 3.61. The van der Waals surface area contributed by atoms with E-state index >= 15 is 0 Å². The number of hydrogen-bond acceptors (Lipinski definition) is 6. The summed E-state index contributed by atoms with van der Waals surface area (Å²) in [5, 5.41) is 9.61. The van der Waals surface area contributed by atoms with Crippen molar-refractivity contribution in [3.63, 3.8) is 0 Å². The Hall–Kier alpha value is -1.45. The minimum atomic E-state index is -3.19. The first-order valence-electron chi connectivity index (χ1n) is 20.3. The Labute approximate surface area is 309 Å². The summed E-state index contributed by atoms with van der Waals surface area (Å²) in [4.78, 5) is 27.3. The molecule has 0 aromatic carbocycles. The van der Waals surface area contributed by atoms with Crippen LogP contribution in [0, 0.1) is 62.1 Å². The number of rotatable bonds is 10. The van der Waals surface area contributed by atoms with Crippen molar-refractivity contribution < 1.29 is 27.9 Å². The molecule has 8 nitrogen and oxygen atoms in total. The van der Waals surface area contributed by atoms with Gasteiger partial charge in [-0.15, -0.1) is 0 Å². The summed E-state index contributed by atoms with van der Waals surface area (Å²) in [5.74, 6) is 1.62. The van der Waals surface area contributed by atoms with Crippen molar-refractivity contribution in [2.45, 2.75) is 151 Å². The average molecular weight is 731 g/mol. The van der Waals surface area contributed by atoms with Crippen molar-refractivity contribution in [3.8, 4) is 0 Å². The third-order valence-electron chi connectivity index (χ3n) is 17.2. The van der Waals surface area contributed by atoms with Gasteiger partial charge in [-0.25, -0.2) is 13.1 Å². The van der Waals surface area contributed by atoms with E-state index in [9.17, 15) is 23.1 Å². The van der Waals surface area contributed by atoms with Gasteiger partial charge in [-0.3, -0.25) is 9.59 Å². The predicted molar refractivity (Wildman–Crippen MR) is 202 cm³/mol. The number of likely N-dealkylation sites (tertiary alicyclic amines) is 1.